The molecule has 0 radical (unpaired) electrons. The van der Waals surface area contributed by atoms with Crippen LogP contribution < -0.4 is 5.32 Å². The molecule has 5 heteroatoms. The summed E-state index contributed by atoms with van der Waals surface area (Å²) in [6.07, 6.45) is 6.59. The summed E-state index contributed by atoms with van der Waals surface area (Å²) in [4.78, 5) is 2.38. The molecule has 1 saturated heterocycles. The maximum atomic E-state index is 11.6. The van der Waals surface area contributed by atoms with Crippen molar-refractivity contribution in [2.45, 2.75) is 52.0 Å². The lowest BCUT2D eigenvalue weighted by Crippen LogP contribution is -2.49. The minimum absolute atomic E-state index is 0.351. The van der Waals surface area contributed by atoms with Gasteiger partial charge in [-0.3, -0.25) is 0 Å². The van der Waals surface area contributed by atoms with Crippen molar-refractivity contribution in [1.29, 1.82) is 0 Å². The highest BCUT2D eigenvalue weighted by Gasteiger charge is 2.32. The first-order chi connectivity index (χ1) is 10.0. The van der Waals surface area contributed by atoms with E-state index in [0.717, 1.165) is 32.1 Å². The molecule has 3 unspecified atom stereocenters. The molecule has 1 aliphatic carbocycles. The molecule has 0 aromatic carbocycles. The summed E-state index contributed by atoms with van der Waals surface area (Å²) < 4.78 is 23.1. The largest absolute Gasteiger partial charge is 0.314 e. The molecule has 1 N–H and O–H groups in total. The van der Waals surface area contributed by atoms with Crippen LogP contribution in [0.1, 0.15) is 46.0 Å². The summed E-state index contributed by atoms with van der Waals surface area (Å²) in [6, 6.07) is 0.627. The molecule has 0 bridgehead atoms. The summed E-state index contributed by atoms with van der Waals surface area (Å²) in [5.74, 6) is 2.27. The van der Waals surface area contributed by atoms with Gasteiger partial charge in [-0.25, -0.2) is 8.42 Å². The van der Waals surface area contributed by atoms with Gasteiger partial charge in [0.25, 0.3) is 0 Å². The topological polar surface area (TPSA) is 49.4 Å². The second-order valence-electron chi connectivity index (χ2n) is 6.84. The number of nitrogens with zero attached hydrogens (tertiary/aromatic N) is 1. The van der Waals surface area contributed by atoms with Crippen LogP contribution in [0.2, 0.25) is 0 Å². The quantitative estimate of drug-likeness (QED) is 0.813. The highest BCUT2D eigenvalue weighted by molar-refractivity contribution is 7.91. The SMILES string of the molecule is CCCC1CCC(NCC)C(CN2CCS(=O)(=O)CC2)C1. The molecule has 1 saturated carbocycles. The van der Waals surface area contributed by atoms with Gasteiger partial charge < -0.3 is 10.2 Å². The van der Waals surface area contributed by atoms with Gasteiger partial charge in [-0.1, -0.05) is 26.7 Å². The van der Waals surface area contributed by atoms with Crippen LogP contribution in [0.25, 0.3) is 0 Å². The van der Waals surface area contributed by atoms with E-state index in [1.165, 1.54) is 32.1 Å². The molecule has 0 aromatic rings. The molecular weight excluding hydrogens is 284 g/mol. The second-order valence-corrected chi connectivity index (χ2v) is 9.15. The Morgan fingerprint density at radius 2 is 1.86 bits per heavy atom. The average molecular weight is 317 g/mol. The van der Waals surface area contributed by atoms with E-state index < -0.39 is 9.84 Å². The molecule has 2 rings (SSSR count). The van der Waals surface area contributed by atoms with E-state index in [0.29, 0.717) is 23.5 Å². The van der Waals surface area contributed by atoms with Crippen LogP contribution in [0.3, 0.4) is 0 Å². The van der Waals surface area contributed by atoms with E-state index in [2.05, 4.69) is 24.1 Å². The lowest BCUT2D eigenvalue weighted by Gasteiger charge is -2.40. The van der Waals surface area contributed by atoms with E-state index >= 15 is 0 Å². The van der Waals surface area contributed by atoms with Crippen LogP contribution in [0.4, 0.5) is 0 Å². The zero-order valence-electron chi connectivity index (χ0n) is 13.7. The van der Waals surface area contributed by atoms with Crippen molar-refractivity contribution >= 4 is 9.84 Å². The van der Waals surface area contributed by atoms with Gasteiger partial charge >= 0.3 is 0 Å². The Kier molecular flexibility index (Phi) is 6.51. The van der Waals surface area contributed by atoms with Gasteiger partial charge in [0.05, 0.1) is 11.5 Å². The molecule has 0 aromatic heterocycles. The van der Waals surface area contributed by atoms with Crippen LogP contribution >= 0.6 is 0 Å². The highest BCUT2D eigenvalue weighted by Crippen LogP contribution is 2.33. The second kappa shape index (κ2) is 7.93. The Bertz CT molecular complexity index is 397. The summed E-state index contributed by atoms with van der Waals surface area (Å²) >= 11 is 0. The zero-order valence-corrected chi connectivity index (χ0v) is 14.5. The minimum atomic E-state index is -2.76. The molecule has 2 aliphatic rings. The monoisotopic (exact) mass is 316 g/mol. The van der Waals surface area contributed by atoms with Crippen molar-refractivity contribution in [2.75, 3.05) is 37.7 Å². The lowest BCUT2D eigenvalue weighted by atomic mass is 9.76. The van der Waals surface area contributed by atoms with Crippen molar-refractivity contribution in [3.63, 3.8) is 0 Å². The fourth-order valence-corrected chi connectivity index (χ4v) is 5.31. The zero-order chi connectivity index (χ0) is 15.3. The average Bonchev–Trinajstić information content (AvgIpc) is 2.44. The number of nitrogens with one attached hydrogen (secondary N) is 1. The maximum Gasteiger partial charge on any atom is 0.152 e. The lowest BCUT2D eigenvalue weighted by molar-refractivity contribution is 0.141. The predicted molar refractivity (Wildman–Crippen MR) is 88.3 cm³/mol. The van der Waals surface area contributed by atoms with Crippen LogP contribution in [-0.2, 0) is 9.84 Å². The van der Waals surface area contributed by atoms with Gasteiger partial charge in [-0.15, -0.1) is 0 Å². The Hall–Kier alpha value is -0.130. The van der Waals surface area contributed by atoms with Gasteiger partial charge in [-0.2, -0.15) is 0 Å². The Balaban J connectivity index is 1.89. The molecule has 124 valence electrons. The van der Waals surface area contributed by atoms with Crippen LogP contribution in [0.15, 0.2) is 0 Å². The fourth-order valence-electron chi connectivity index (χ4n) is 4.03. The fraction of sp³-hybridized carbons (Fsp3) is 1.00. The van der Waals surface area contributed by atoms with Crippen LogP contribution in [-0.4, -0.2) is 57.0 Å². The first-order valence-corrected chi connectivity index (χ1v) is 10.5. The first kappa shape index (κ1) is 17.2. The van der Waals surface area contributed by atoms with Gasteiger partial charge in [0, 0.05) is 25.7 Å². The van der Waals surface area contributed by atoms with E-state index in [-0.39, 0.29) is 0 Å². The Morgan fingerprint density at radius 1 is 1.14 bits per heavy atom. The summed E-state index contributed by atoms with van der Waals surface area (Å²) in [5.41, 5.74) is 0. The summed E-state index contributed by atoms with van der Waals surface area (Å²) in [6.45, 7) is 8.04. The number of sulfone groups is 1. The molecule has 1 heterocycles. The smallest absolute Gasteiger partial charge is 0.152 e. The number of hydrogen-bond donors (Lipinski definition) is 1. The molecule has 1 aliphatic heterocycles. The van der Waals surface area contributed by atoms with Gasteiger partial charge in [0.15, 0.2) is 9.84 Å². The first-order valence-electron chi connectivity index (χ1n) is 8.70. The van der Waals surface area contributed by atoms with Crippen molar-refractivity contribution in [2.24, 2.45) is 11.8 Å². The molecular formula is C16H32N2O2S. The molecule has 0 spiro atoms. The minimum Gasteiger partial charge on any atom is -0.314 e. The van der Waals surface area contributed by atoms with Crippen molar-refractivity contribution in [3.8, 4) is 0 Å². The summed E-state index contributed by atoms with van der Waals surface area (Å²) in [7, 11) is -2.76. The third kappa shape index (κ3) is 5.22. The third-order valence-corrected chi connectivity index (χ3v) is 6.79. The number of hydrogen-bond acceptors (Lipinski definition) is 4. The van der Waals surface area contributed by atoms with Crippen LogP contribution in [0, 0.1) is 11.8 Å². The van der Waals surface area contributed by atoms with E-state index in [9.17, 15) is 8.42 Å². The van der Waals surface area contributed by atoms with Gasteiger partial charge in [0.1, 0.15) is 0 Å². The van der Waals surface area contributed by atoms with Crippen molar-refractivity contribution in [3.05, 3.63) is 0 Å². The molecule has 21 heavy (non-hydrogen) atoms. The summed E-state index contributed by atoms with van der Waals surface area (Å²) in [5, 5.41) is 3.66. The van der Waals surface area contributed by atoms with E-state index in [1.54, 1.807) is 0 Å². The maximum absolute atomic E-state index is 11.6. The van der Waals surface area contributed by atoms with Gasteiger partial charge in [-0.05, 0) is 37.6 Å². The van der Waals surface area contributed by atoms with Crippen molar-refractivity contribution in [1.82, 2.24) is 10.2 Å². The van der Waals surface area contributed by atoms with E-state index in [4.69, 9.17) is 0 Å². The Labute approximate surface area is 130 Å². The normalized spacial score (nSPS) is 33.9. The molecule has 0 amide bonds. The van der Waals surface area contributed by atoms with Crippen LogP contribution in [0.5, 0.6) is 0 Å². The molecule has 4 nitrogen and oxygen atoms in total. The molecule has 3 atom stereocenters. The van der Waals surface area contributed by atoms with Gasteiger partial charge in [0.2, 0.25) is 0 Å². The van der Waals surface area contributed by atoms with E-state index in [1.807, 2.05) is 0 Å². The third-order valence-electron chi connectivity index (χ3n) is 5.18. The highest BCUT2D eigenvalue weighted by atomic mass is 32.2. The Morgan fingerprint density at radius 3 is 2.48 bits per heavy atom. The number of rotatable bonds is 6. The standard InChI is InChI=1S/C16H32N2O2S/c1-3-5-14-6-7-16(17-4-2)15(12-14)13-18-8-10-21(19,20)11-9-18/h14-17H,3-13H2,1-2H3. The van der Waals surface area contributed by atoms with Crippen molar-refractivity contribution < 1.29 is 8.42 Å². The predicted octanol–water partition coefficient (Wildman–Crippen LogP) is 1.91. The molecule has 2 fully saturated rings.